The number of fused-ring (bicyclic) bond motifs is 6. The molecule has 6 aliphatic carbocycles. The van der Waals surface area contributed by atoms with Gasteiger partial charge in [-0.25, -0.2) is 4.39 Å². The Morgan fingerprint density at radius 1 is 0.422 bits per heavy atom. The molecule has 0 aliphatic heterocycles. The molecule has 0 spiro atoms. The molecule has 6 aromatic carbocycles. The summed E-state index contributed by atoms with van der Waals surface area (Å²) in [5.74, 6) is 3.17. The van der Waals surface area contributed by atoms with Crippen LogP contribution >= 0.6 is 109 Å². The maximum Gasteiger partial charge on any atom is 0.168 e. The first-order valence-corrected chi connectivity index (χ1v) is 35.4. The second-order valence-electron chi connectivity index (χ2n) is 25.4. The summed E-state index contributed by atoms with van der Waals surface area (Å²) < 4.78 is 15.2. The SMILES string of the molecule is CC(C)C1Cc2cccc(Br)c2C1=O.CC(C)C1Cc2cccc(Cl)c2C1=O.CC(C)C1Cc2cccc(I)c2C1=O.CCCCC1Cc2cc(Cl)cc(Cl)c2C1=O.CCCCC1Cc2cc(F)cc(Cl)c2C1=O.CCCCC1Cc2cccc(Cl)c2C1=O.Cl. The van der Waals surface area contributed by atoms with E-state index in [1.807, 2.05) is 54.6 Å². The largest absolute Gasteiger partial charge is 0.294 e. The van der Waals surface area contributed by atoms with E-state index in [1.165, 1.54) is 23.3 Å². The summed E-state index contributed by atoms with van der Waals surface area (Å²) in [6, 6.07) is 29.8. The van der Waals surface area contributed by atoms with Gasteiger partial charge in [-0.1, -0.05) is 223 Å². The molecule has 15 heteroatoms. The van der Waals surface area contributed by atoms with Gasteiger partial charge in [0.15, 0.2) is 34.7 Å². The summed E-state index contributed by atoms with van der Waals surface area (Å²) >= 11 is 35.7. The highest BCUT2D eigenvalue weighted by Gasteiger charge is 2.38. The lowest BCUT2D eigenvalue weighted by Gasteiger charge is -2.11. The van der Waals surface area contributed by atoms with Crippen molar-refractivity contribution in [3.8, 4) is 0 Å². The van der Waals surface area contributed by atoms with Crippen molar-refractivity contribution >= 4 is 144 Å². The van der Waals surface area contributed by atoms with Crippen molar-refractivity contribution in [1.29, 1.82) is 0 Å². The highest BCUT2D eigenvalue weighted by molar-refractivity contribution is 14.1. The Hall–Kier alpha value is -3.78. The zero-order valence-corrected chi connectivity index (χ0v) is 61.3. The van der Waals surface area contributed by atoms with Gasteiger partial charge in [-0.2, -0.15) is 0 Å². The standard InChI is InChI=1S/C13H14Cl2O.C13H14ClFO.C13H15ClO.C12H13BrO.C12H13ClO.C12H13IO.ClH/c1-2-3-4-8-5-9-6-10(14)7-11(15)12(9)13(8)16;1-2-3-4-8-5-9-6-10(15)7-11(14)12(9)13(8)16;1-2-3-5-10-8-9-6-4-7-11(14)12(9)13(10)15;3*1-7(2)9-6-8-4-3-5-10(13)11(8)12(9)14;/h2*6-8H,2-5H2,1H3;4,6-7,10H,2-3,5,8H2,1H3;3*3-5,7,9H,6H2,1-2H3;1H. The first kappa shape index (κ1) is 75.3. The molecule has 6 nitrogen and oxygen atoms in total. The molecular weight excluding hydrogens is 1440 g/mol. The van der Waals surface area contributed by atoms with Crippen molar-refractivity contribution in [2.45, 2.75) is 159 Å². The molecule has 0 radical (unpaired) electrons. The molecule has 0 aromatic heterocycles. The molecule has 0 heterocycles. The fourth-order valence-electron chi connectivity index (χ4n) is 13.1. The van der Waals surface area contributed by atoms with Crippen LogP contribution in [0.2, 0.25) is 25.1 Å². The third kappa shape index (κ3) is 18.0. The number of unbranched alkanes of at least 4 members (excludes halogenated alkanes) is 3. The lowest BCUT2D eigenvalue weighted by Crippen LogP contribution is -2.15. The van der Waals surface area contributed by atoms with E-state index in [1.54, 1.807) is 18.2 Å². The number of hydrogen-bond donors (Lipinski definition) is 0. The summed E-state index contributed by atoms with van der Waals surface area (Å²) in [6.45, 7) is 19.0. The molecule has 6 atom stereocenters. The number of ketones is 6. The predicted octanol–water partition coefficient (Wildman–Crippen LogP) is 23.0. The van der Waals surface area contributed by atoms with Crippen LogP contribution in [0.5, 0.6) is 0 Å². The maximum absolute atomic E-state index is 13.1. The highest BCUT2D eigenvalue weighted by atomic mass is 127. The molecule has 6 unspecified atom stereocenters. The molecule has 0 N–H and O–H groups in total. The highest BCUT2D eigenvalue weighted by Crippen LogP contribution is 2.41. The molecule has 0 saturated heterocycles. The van der Waals surface area contributed by atoms with Gasteiger partial charge in [-0.3, -0.25) is 28.8 Å². The lowest BCUT2D eigenvalue weighted by atomic mass is 9.92. The Kier molecular flexibility index (Phi) is 28.9. The van der Waals surface area contributed by atoms with Crippen LogP contribution in [0.1, 0.15) is 216 Å². The average Bonchev–Trinajstić information content (AvgIpc) is 2.48. The first-order chi connectivity index (χ1) is 42.3. The van der Waals surface area contributed by atoms with E-state index in [-0.39, 0.29) is 81.9 Å². The summed E-state index contributed by atoms with van der Waals surface area (Å²) in [4.78, 5) is 72.2. The maximum atomic E-state index is 13.1. The van der Waals surface area contributed by atoms with E-state index in [9.17, 15) is 33.2 Å². The molecule has 0 amide bonds. The molecule has 0 bridgehead atoms. The molecule has 482 valence electrons. The number of carbonyl (C=O) groups excluding carboxylic acids is 6. The summed E-state index contributed by atoms with van der Waals surface area (Å²) in [5.41, 5.74) is 11.1. The van der Waals surface area contributed by atoms with Crippen molar-refractivity contribution in [2.24, 2.45) is 53.3 Å². The van der Waals surface area contributed by atoms with E-state index in [4.69, 9.17) is 58.0 Å². The second-order valence-corrected chi connectivity index (χ2v) is 29.5. The number of benzene rings is 6. The van der Waals surface area contributed by atoms with Crippen LogP contribution in [0.3, 0.4) is 0 Å². The van der Waals surface area contributed by atoms with E-state index < -0.39 is 0 Å². The van der Waals surface area contributed by atoms with Gasteiger partial charge in [0, 0.05) is 82.0 Å². The van der Waals surface area contributed by atoms with Gasteiger partial charge >= 0.3 is 0 Å². The lowest BCUT2D eigenvalue weighted by molar-refractivity contribution is 0.0897. The van der Waals surface area contributed by atoms with Gasteiger partial charge in [-0.15, -0.1) is 12.4 Å². The van der Waals surface area contributed by atoms with Gasteiger partial charge in [0.1, 0.15) is 5.82 Å². The topological polar surface area (TPSA) is 102 Å². The molecule has 90 heavy (non-hydrogen) atoms. The van der Waals surface area contributed by atoms with Gasteiger partial charge < -0.3 is 0 Å². The summed E-state index contributed by atoms with van der Waals surface area (Å²) in [6.07, 6.45) is 14.4. The van der Waals surface area contributed by atoms with Gasteiger partial charge in [-0.05, 0) is 180 Å². The van der Waals surface area contributed by atoms with Gasteiger partial charge in [0.05, 0.1) is 20.1 Å². The molecule has 12 rings (SSSR count). The minimum absolute atomic E-state index is 0. The first-order valence-electron chi connectivity index (χ1n) is 31.6. The Morgan fingerprint density at radius 3 is 1.16 bits per heavy atom. The van der Waals surface area contributed by atoms with Crippen molar-refractivity contribution in [3.63, 3.8) is 0 Å². The number of carbonyl (C=O) groups is 6. The smallest absolute Gasteiger partial charge is 0.168 e. The zero-order valence-electron chi connectivity index (χ0n) is 52.9. The van der Waals surface area contributed by atoms with Crippen LogP contribution < -0.4 is 0 Å². The minimum Gasteiger partial charge on any atom is -0.294 e. The van der Waals surface area contributed by atoms with Crippen LogP contribution in [0.4, 0.5) is 4.39 Å². The van der Waals surface area contributed by atoms with Crippen molar-refractivity contribution in [2.75, 3.05) is 0 Å². The second kappa shape index (κ2) is 34.6. The third-order valence-electron chi connectivity index (χ3n) is 18.1. The van der Waals surface area contributed by atoms with Crippen LogP contribution in [0.15, 0.2) is 102 Å². The zero-order chi connectivity index (χ0) is 65.1. The van der Waals surface area contributed by atoms with Gasteiger partial charge in [0.25, 0.3) is 0 Å². The minimum atomic E-state index is -0.354. The number of hydrogen-bond acceptors (Lipinski definition) is 6. The molecule has 6 aromatic rings. The van der Waals surface area contributed by atoms with Crippen molar-refractivity contribution < 1.29 is 33.2 Å². The van der Waals surface area contributed by atoms with E-state index in [0.29, 0.717) is 67.0 Å². The fraction of sp³-hybridized carbons (Fsp3) is 0.440. The number of Topliss-reactive ketones (excluding diaryl/α,β-unsaturated/α-hetero) is 6. The Labute approximate surface area is 586 Å². The van der Waals surface area contributed by atoms with E-state index in [0.717, 1.165) is 142 Å². The van der Waals surface area contributed by atoms with Crippen LogP contribution in [-0.4, -0.2) is 34.7 Å². The monoisotopic (exact) mass is 1510 g/mol. The molecule has 0 saturated carbocycles. The van der Waals surface area contributed by atoms with Crippen LogP contribution in [0.25, 0.3) is 0 Å². The fourth-order valence-corrected chi connectivity index (χ4v) is 16.0. The van der Waals surface area contributed by atoms with Crippen molar-refractivity contribution in [1.82, 2.24) is 0 Å². The normalized spacial score (nSPS) is 19.4. The Balaban J connectivity index is 0.000000172. The quantitative estimate of drug-likeness (QED) is 0.113. The number of rotatable bonds is 12. The van der Waals surface area contributed by atoms with E-state index >= 15 is 0 Å². The van der Waals surface area contributed by atoms with Crippen molar-refractivity contribution in [3.05, 3.63) is 203 Å². The third-order valence-corrected chi connectivity index (χ3v) is 21.1. The Morgan fingerprint density at radius 2 is 0.756 bits per heavy atom. The molecular formula is C75H83BrCl6FIO6. The van der Waals surface area contributed by atoms with Crippen LogP contribution in [0, 0.1) is 62.6 Å². The predicted molar refractivity (Wildman–Crippen MR) is 384 cm³/mol. The summed E-state index contributed by atoms with van der Waals surface area (Å²) in [7, 11) is 0. The Bertz CT molecular complexity index is 3340. The molecule has 0 fully saturated rings. The summed E-state index contributed by atoms with van der Waals surface area (Å²) in [5, 5.41) is 2.62. The number of halogens is 9. The van der Waals surface area contributed by atoms with Crippen LogP contribution in [-0.2, 0) is 38.5 Å². The average molecular weight is 1520 g/mol. The van der Waals surface area contributed by atoms with Gasteiger partial charge in [0.2, 0.25) is 0 Å². The van der Waals surface area contributed by atoms with E-state index in [2.05, 4.69) is 113 Å². The molecule has 6 aliphatic rings.